The lowest BCUT2D eigenvalue weighted by molar-refractivity contribution is 0.262. The van der Waals surface area contributed by atoms with Crippen LogP contribution in [0.5, 0.6) is 5.75 Å². The molecule has 3 rings (SSSR count). The van der Waals surface area contributed by atoms with Gasteiger partial charge in [0, 0.05) is 24.5 Å². The van der Waals surface area contributed by atoms with E-state index < -0.39 is 0 Å². The van der Waals surface area contributed by atoms with Crippen LogP contribution in [0.1, 0.15) is 0 Å². The zero-order valence-corrected chi connectivity index (χ0v) is 13.4. The number of nitrogens with zero attached hydrogens (tertiary/aromatic N) is 1. The number of ether oxygens (including phenoxy) is 1. The van der Waals surface area contributed by atoms with Gasteiger partial charge in [-0.05, 0) is 30.3 Å². The van der Waals surface area contributed by atoms with Crippen molar-refractivity contribution in [2.75, 3.05) is 17.7 Å². The van der Waals surface area contributed by atoms with E-state index in [0.717, 1.165) is 21.6 Å². The van der Waals surface area contributed by atoms with E-state index in [2.05, 4.69) is 10.6 Å². The van der Waals surface area contributed by atoms with Crippen molar-refractivity contribution in [2.45, 2.75) is 0 Å². The second kappa shape index (κ2) is 6.13. The lowest BCUT2D eigenvalue weighted by atomic mass is 10.3. The van der Waals surface area contributed by atoms with Crippen molar-refractivity contribution < 1.29 is 9.53 Å². The number of amides is 2. The Morgan fingerprint density at radius 1 is 1.13 bits per heavy atom. The predicted molar refractivity (Wildman–Crippen MR) is 92.7 cm³/mol. The SMILES string of the molecule is COc1cccc(NC(=O)Nc2ccc3c(c2)sc(=O)n3C)c1. The molecule has 0 unspecified atom stereocenters. The number of aryl methyl sites for hydroxylation is 1. The highest BCUT2D eigenvalue weighted by Crippen LogP contribution is 2.22. The number of rotatable bonds is 3. The van der Waals surface area contributed by atoms with Gasteiger partial charge in [-0.3, -0.25) is 4.79 Å². The van der Waals surface area contributed by atoms with Crippen LogP contribution in [-0.4, -0.2) is 17.7 Å². The summed E-state index contributed by atoms with van der Waals surface area (Å²) in [5.41, 5.74) is 2.10. The van der Waals surface area contributed by atoms with Gasteiger partial charge in [0.1, 0.15) is 5.75 Å². The maximum absolute atomic E-state index is 12.1. The minimum absolute atomic E-state index is 0.0296. The van der Waals surface area contributed by atoms with Crippen molar-refractivity contribution in [1.82, 2.24) is 4.57 Å². The number of methoxy groups -OCH3 is 1. The molecule has 0 aliphatic rings. The molecule has 0 aliphatic heterocycles. The molecular formula is C16H15N3O3S. The molecule has 0 fully saturated rings. The molecule has 2 amide bonds. The van der Waals surface area contributed by atoms with Crippen molar-refractivity contribution in [2.24, 2.45) is 7.05 Å². The van der Waals surface area contributed by atoms with E-state index in [-0.39, 0.29) is 10.9 Å². The monoisotopic (exact) mass is 329 g/mol. The highest BCUT2D eigenvalue weighted by Gasteiger charge is 2.07. The number of hydrogen-bond donors (Lipinski definition) is 2. The summed E-state index contributed by atoms with van der Waals surface area (Å²) in [4.78, 5) is 23.7. The maximum Gasteiger partial charge on any atom is 0.323 e. The molecule has 0 aliphatic carbocycles. The molecule has 0 saturated heterocycles. The average molecular weight is 329 g/mol. The van der Waals surface area contributed by atoms with Crippen molar-refractivity contribution in [1.29, 1.82) is 0 Å². The molecular weight excluding hydrogens is 314 g/mol. The van der Waals surface area contributed by atoms with Crippen LogP contribution >= 0.6 is 11.3 Å². The second-order valence-corrected chi connectivity index (χ2v) is 5.91. The zero-order valence-electron chi connectivity index (χ0n) is 12.6. The molecule has 0 spiro atoms. The molecule has 7 heteroatoms. The Balaban J connectivity index is 1.75. The third-order valence-corrected chi connectivity index (χ3v) is 4.37. The predicted octanol–water partition coefficient (Wildman–Crippen LogP) is 3.25. The Morgan fingerprint density at radius 2 is 1.87 bits per heavy atom. The molecule has 1 aromatic heterocycles. The Morgan fingerprint density at radius 3 is 2.61 bits per heavy atom. The standard InChI is InChI=1S/C16H15N3O3S/c1-19-13-7-6-11(9-14(13)23-16(19)21)18-15(20)17-10-4-3-5-12(8-10)22-2/h3-9H,1-2H3,(H2,17,18,20). The number of carbonyl (C=O) groups excluding carboxylic acids is 1. The Bertz CT molecular complexity index is 930. The summed E-state index contributed by atoms with van der Waals surface area (Å²) < 4.78 is 7.53. The number of fused-ring (bicyclic) bond motifs is 1. The van der Waals surface area contributed by atoms with Gasteiger partial charge in [-0.25, -0.2) is 4.79 Å². The van der Waals surface area contributed by atoms with Gasteiger partial charge in [-0.15, -0.1) is 0 Å². The van der Waals surface area contributed by atoms with E-state index >= 15 is 0 Å². The first kappa shape index (κ1) is 15.1. The van der Waals surface area contributed by atoms with E-state index in [1.807, 2.05) is 6.07 Å². The summed E-state index contributed by atoms with van der Waals surface area (Å²) in [6.07, 6.45) is 0. The number of hydrogen-bond acceptors (Lipinski definition) is 4. The minimum Gasteiger partial charge on any atom is -0.497 e. The van der Waals surface area contributed by atoms with E-state index in [0.29, 0.717) is 17.1 Å². The smallest absolute Gasteiger partial charge is 0.323 e. The molecule has 1 heterocycles. The van der Waals surface area contributed by atoms with Crippen LogP contribution in [-0.2, 0) is 7.05 Å². The van der Waals surface area contributed by atoms with E-state index in [1.165, 1.54) is 0 Å². The van der Waals surface area contributed by atoms with Crippen molar-refractivity contribution >= 4 is 39.0 Å². The van der Waals surface area contributed by atoms with Gasteiger partial charge in [0.2, 0.25) is 0 Å². The lowest BCUT2D eigenvalue weighted by Gasteiger charge is -2.09. The van der Waals surface area contributed by atoms with Crippen LogP contribution in [0.4, 0.5) is 16.2 Å². The van der Waals surface area contributed by atoms with Gasteiger partial charge in [0.15, 0.2) is 0 Å². The summed E-state index contributed by atoms with van der Waals surface area (Å²) in [5, 5.41) is 5.49. The summed E-state index contributed by atoms with van der Waals surface area (Å²) in [7, 11) is 3.30. The first-order chi connectivity index (χ1) is 11.1. The molecule has 118 valence electrons. The third kappa shape index (κ3) is 3.19. The van der Waals surface area contributed by atoms with Crippen LogP contribution in [0.25, 0.3) is 10.2 Å². The van der Waals surface area contributed by atoms with Crippen molar-refractivity contribution in [3.05, 3.63) is 52.1 Å². The Labute approximate surface area is 136 Å². The summed E-state index contributed by atoms with van der Waals surface area (Å²) in [6.45, 7) is 0. The van der Waals surface area contributed by atoms with Gasteiger partial charge >= 0.3 is 10.9 Å². The summed E-state index contributed by atoms with van der Waals surface area (Å²) in [6, 6.07) is 12.1. The normalized spacial score (nSPS) is 10.5. The Kier molecular flexibility index (Phi) is 4.03. The van der Waals surface area contributed by atoms with Crippen molar-refractivity contribution in [3.63, 3.8) is 0 Å². The first-order valence-corrected chi connectivity index (χ1v) is 7.70. The number of urea groups is 1. The fraction of sp³-hybridized carbons (Fsp3) is 0.125. The molecule has 6 nitrogen and oxygen atoms in total. The van der Waals surface area contributed by atoms with E-state index in [1.54, 1.807) is 55.1 Å². The largest absolute Gasteiger partial charge is 0.497 e. The van der Waals surface area contributed by atoms with Crippen LogP contribution < -0.4 is 20.2 Å². The molecule has 0 atom stereocenters. The molecule has 23 heavy (non-hydrogen) atoms. The van der Waals surface area contributed by atoms with Gasteiger partial charge in [-0.1, -0.05) is 17.4 Å². The molecule has 2 N–H and O–H groups in total. The highest BCUT2D eigenvalue weighted by atomic mass is 32.1. The van der Waals surface area contributed by atoms with Gasteiger partial charge in [-0.2, -0.15) is 0 Å². The number of anilines is 2. The second-order valence-electron chi connectivity index (χ2n) is 4.92. The molecule has 3 aromatic rings. The summed E-state index contributed by atoms with van der Waals surface area (Å²) in [5.74, 6) is 0.665. The number of nitrogens with one attached hydrogen (secondary N) is 2. The van der Waals surface area contributed by atoms with Gasteiger partial charge in [0.05, 0.1) is 17.3 Å². The topological polar surface area (TPSA) is 72.4 Å². The fourth-order valence-electron chi connectivity index (χ4n) is 2.21. The van der Waals surface area contributed by atoms with Crippen LogP contribution in [0, 0.1) is 0 Å². The number of aromatic nitrogens is 1. The first-order valence-electron chi connectivity index (χ1n) is 6.88. The average Bonchev–Trinajstić information content (AvgIpc) is 2.81. The highest BCUT2D eigenvalue weighted by molar-refractivity contribution is 7.16. The van der Waals surface area contributed by atoms with Crippen LogP contribution in [0.3, 0.4) is 0 Å². The van der Waals surface area contributed by atoms with E-state index in [9.17, 15) is 9.59 Å². The van der Waals surface area contributed by atoms with E-state index in [4.69, 9.17) is 4.74 Å². The minimum atomic E-state index is -0.360. The Hall–Kier alpha value is -2.80. The fourth-order valence-corrected chi connectivity index (χ4v) is 3.12. The zero-order chi connectivity index (χ0) is 16.4. The van der Waals surface area contributed by atoms with Gasteiger partial charge in [0.25, 0.3) is 0 Å². The molecule has 0 saturated carbocycles. The molecule has 0 radical (unpaired) electrons. The quantitative estimate of drug-likeness (QED) is 0.775. The van der Waals surface area contributed by atoms with Crippen molar-refractivity contribution in [3.8, 4) is 5.75 Å². The third-order valence-electron chi connectivity index (χ3n) is 3.38. The summed E-state index contributed by atoms with van der Waals surface area (Å²) >= 11 is 1.15. The number of benzene rings is 2. The van der Waals surface area contributed by atoms with Crippen LogP contribution in [0.15, 0.2) is 47.3 Å². The molecule has 2 aromatic carbocycles. The lowest BCUT2D eigenvalue weighted by Crippen LogP contribution is -2.19. The molecule has 0 bridgehead atoms. The number of thiazole rings is 1. The number of carbonyl (C=O) groups is 1. The van der Waals surface area contributed by atoms with Crippen LogP contribution in [0.2, 0.25) is 0 Å². The van der Waals surface area contributed by atoms with Gasteiger partial charge < -0.3 is 19.9 Å². The maximum atomic E-state index is 12.1.